The van der Waals surface area contributed by atoms with Crippen LogP contribution in [-0.4, -0.2) is 15.0 Å². The minimum absolute atomic E-state index is 0.662. The van der Waals surface area contributed by atoms with Gasteiger partial charge in [0, 0.05) is 44.5 Å². The molecule has 0 aliphatic rings. The molecule has 2 heterocycles. The van der Waals surface area contributed by atoms with Crippen LogP contribution in [0.1, 0.15) is 0 Å². The second-order valence-corrected chi connectivity index (χ2v) is 17.9. The molecule has 0 N–H and O–H groups in total. The molecule has 0 saturated heterocycles. The SMILES string of the molecule is c1ccc(-c2cc(-c3ccccc3)cc(-c3cc(-c4ccccc4)nc(-c4cccc(-c5ccc(-c6c(-c7ccccc7)c(-c7ccccc7)nc(-c7ccccc7)c6-c6ccccc6)cc5)c4)n3)c2)cc1. The molecule has 0 atom stereocenters. The molecule has 10 aromatic carbocycles. The highest BCUT2D eigenvalue weighted by Gasteiger charge is 2.25. The molecule has 0 fully saturated rings. The van der Waals surface area contributed by atoms with Crippen molar-refractivity contribution in [2.24, 2.45) is 0 Å². The van der Waals surface area contributed by atoms with Gasteiger partial charge in [-0.05, 0) is 80.4 Å². The average molecular weight is 918 g/mol. The van der Waals surface area contributed by atoms with Crippen LogP contribution in [0.2, 0.25) is 0 Å². The van der Waals surface area contributed by atoms with Crippen LogP contribution in [0, 0.1) is 0 Å². The molecular weight excluding hydrogens is 871 g/mol. The summed E-state index contributed by atoms with van der Waals surface area (Å²) in [6.07, 6.45) is 0. The molecule has 72 heavy (non-hydrogen) atoms. The molecule has 0 bridgehead atoms. The summed E-state index contributed by atoms with van der Waals surface area (Å²) >= 11 is 0. The second kappa shape index (κ2) is 19.8. The van der Waals surface area contributed by atoms with Crippen molar-refractivity contribution in [3.8, 4) is 123 Å². The fourth-order valence-electron chi connectivity index (χ4n) is 9.77. The molecule has 0 amide bonds. The Kier molecular flexibility index (Phi) is 12.0. The summed E-state index contributed by atoms with van der Waals surface area (Å²) in [6, 6.07) is 101. The Bertz CT molecular complexity index is 3630. The van der Waals surface area contributed by atoms with Crippen molar-refractivity contribution in [3.63, 3.8) is 0 Å². The quantitative estimate of drug-likeness (QED) is 0.130. The van der Waals surface area contributed by atoms with E-state index < -0.39 is 0 Å². The number of aromatic nitrogens is 3. The maximum atomic E-state index is 5.63. The molecule has 0 saturated carbocycles. The first-order valence-corrected chi connectivity index (χ1v) is 24.4. The molecule has 0 radical (unpaired) electrons. The van der Waals surface area contributed by atoms with Gasteiger partial charge >= 0.3 is 0 Å². The largest absolute Gasteiger partial charge is 0.246 e. The van der Waals surface area contributed by atoms with E-state index in [-0.39, 0.29) is 0 Å². The minimum atomic E-state index is 0.662. The van der Waals surface area contributed by atoms with Crippen LogP contribution in [0.25, 0.3) is 123 Å². The number of pyridine rings is 1. The zero-order valence-electron chi connectivity index (χ0n) is 39.5. The van der Waals surface area contributed by atoms with Gasteiger partial charge in [0.15, 0.2) is 5.82 Å². The van der Waals surface area contributed by atoms with Crippen molar-refractivity contribution in [1.29, 1.82) is 0 Å². The van der Waals surface area contributed by atoms with Gasteiger partial charge in [-0.1, -0.05) is 255 Å². The fraction of sp³-hybridized carbons (Fsp3) is 0. The lowest BCUT2D eigenvalue weighted by Crippen LogP contribution is -2.01. The van der Waals surface area contributed by atoms with Crippen LogP contribution in [0.5, 0.6) is 0 Å². The van der Waals surface area contributed by atoms with Gasteiger partial charge in [0.05, 0.1) is 22.8 Å². The highest BCUT2D eigenvalue weighted by molar-refractivity contribution is 6.05. The van der Waals surface area contributed by atoms with Crippen LogP contribution < -0.4 is 0 Å². The maximum Gasteiger partial charge on any atom is 0.160 e. The number of hydrogen-bond donors (Lipinski definition) is 0. The molecular formula is C69H47N3. The summed E-state index contributed by atoms with van der Waals surface area (Å²) in [4.78, 5) is 16.3. The van der Waals surface area contributed by atoms with Crippen LogP contribution in [-0.2, 0) is 0 Å². The van der Waals surface area contributed by atoms with E-state index in [1.807, 2.05) is 6.07 Å². The summed E-state index contributed by atoms with van der Waals surface area (Å²) < 4.78 is 0. The van der Waals surface area contributed by atoms with E-state index in [9.17, 15) is 0 Å². The first-order valence-electron chi connectivity index (χ1n) is 24.4. The van der Waals surface area contributed by atoms with Crippen LogP contribution in [0.4, 0.5) is 0 Å². The normalized spacial score (nSPS) is 11.1. The molecule has 2 aromatic heterocycles. The monoisotopic (exact) mass is 917 g/mol. The van der Waals surface area contributed by atoms with E-state index in [0.717, 1.165) is 117 Å². The van der Waals surface area contributed by atoms with Gasteiger partial charge in [0.1, 0.15) is 0 Å². The third kappa shape index (κ3) is 8.95. The molecule has 12 aromatic rings. The molecule has 338 valence electrons. The number of nitrogens with zero attached hydrogens (tertiary/aromatic N) is 3. The molecule has 3 heteroatoms. The smallest absolute Gasteiger partial charge is 0.160 e. The van der Waals surface area contributed by atoms with E-state index in [1.54, 1.807) is 0 Å². The van der Waals surface area contributed by atoms with Crippen molar-refractivity contribution in [2.45, 2.75) is 0 Å². The van der Waals surface area contributed by atoms with E-state index in [1.165, 1.54) is 0 Å². The third-order valence-corrected chi connectivity index (χ3v) is 13.3. The Morgan fingerprint density at radius 2 is 0.472 bits per heavy atom. The minimum Gasteiger partial charge on any atom is -0.246 e. The first kappa shape index (κ1) is 43.7. The van der Waals surface area contributed by atoms with Gasteiger partial charge in [-0.15, -0.1) is 0 Å². The Balaban J connectivity index is 1.01. The lowest BCUT2D eigenvalue weighted by molar-refractivity contribution is 1.18. The summed E-state index contributed by atoms with van der Waals surface area (Å²) in [5, 5.41) is 0. The van der Waals surface area contributed by atoms with Crippen molar-refractivity contribution in [3.05, 3.63) is 285 Å². The topological polar surface area (TPSA) is 38.7 Å². The average Bonchev–Trinajstić information content (AvgIpc) is 3.48. The number of benzene rings is 10. The van der Waals surface area contributed by atoms with E-state index in [2.05, 4.69) is 279 Å². The van der Waals surface area contributed by atoms with Crippen LogP contribution in [0.15, 0.2) is 285 Å². The van der Waals surface area contributed by atoms with Gasteiger partial charge in [0.2, 0.25) is 0 Å². The van der Waals surface area contributed by atoms with E-state index >= 15 is 0 Å². The zero-order valence-corrected chi connectivity index (χ0v) is 39.5. The zero-order chi connectivity index (χ0) is 48.1. The molecule has 0 unspecified atom stereocenters. The van der Waals surface area contributed by atoms with Gasteiger partial charge in [-0.3, -0.25) is 0 Å². The molecule has 0 aliphatic heterocycles. The predicted octanol–water partition coefficient (Wildman–Crippen LogP) is 18.2. The van der Waals surface area contributed by atoms with Crippen LogP contribution in [0.3, 0.4) is 0 Å². The molecule has 12 rings (SSSR count). The van der Waals surface area contributed by atoms with Gasteiger partial charge < -0.3 is 0 Å². The summed E-state index contributed by atoms with van der Waals surface area (Å²) in [7, 11) is 0. The molecule has 0 aliphatic carbocycles. The van der Waals surface area contributed by atoms with Crippen LogP contribution >= 0.6 is 0 Å². The number of rotatable bonds is 11. The standard InChI is InChI=1S/C69H47N3/c1-8-23-48(24-9-1)59-44-60(49-25-10-2-11-26-49)46-61(45-59)63-47-62(51-27-12-3-13-28-51)70-69(71-63)58-38-22-37-57(43-58)50-39-41-54(42-40-50)64-65(52-29-14-4-15-30-52)67(55-33-18-6-19-34-55)72-68(56-35-20-7-21-36-56)66(64)53-31-16-5-17-32-53/h1-47H. The van der Waals surface area contributed by atoms with Crippen molar-refractivity contribution < 1.29 is 0 Å². The van der Waals surface area contributed by atoms with Crippen molar-refractivity contribution in [1.82, 2.24) is 15.0 Å². The Labute approximate surface area is 421 Å². The Hall–Kier alpha value is -9.57. The first-order chi connectivity index (χ1) is 35.7. The van der Waals surface area contributed by atoms with Crippen molar-refractivity contribution >= 4 is 0 Å². The van der Waals surface area contributed by atoms with Gasteiger partial charge in [-0.2, -0.15) is 0 Å². The lowest BCUT2D eigenvalue weighted by atomic mass is 9.83. The third-order valence-electron chi connectivity index (χ3n) is 13.3. The van der Waals surface area contributed by atoms with E-state index in [0.29, 0.717) is 5.82 Å². The Morgan fingerprint density at radius 3 is 0.931 bits per heavy atom. The fourth-order valence-corrected chi connectivity index (χ4v) is 9.77. The maximum absolute atomic E-state index is 5.63. The van der Waals surface area contributed by atoms with Gasteiger partial charge in [-0.25, -0.2) is 15.0 Å². The second-order valence-electron chi connectivity index (χ2n) is 17.9. The Morgan fingerprint density at radius 1 is 0.167 bits per heavy atom. The summed E-state index contributed by atoms with van der Waals surface area (Å²) in [5.74, 6) is 0.662. The molecule has 0 spiro atoms. The highest BCUT2D eigenvalue weighted by atomic mass is 14.9. The lowest BCUT2D eigenvalue weighted by Gasteiger charge is -2.23. The van der Waals surface area contributed by atoms with E-state index in [4.69, 9.17) is 15.0 Å². The highest BCUT2D eigenvalue weighted by Crippen LogP contribution is 2.49. The summed E-state index contributed by atoms with van der Waals surface area (Å²) in [5.41, 5.74) is 22.0. The van der Waals surface area contributed by atoms with Gasteiger partial charge in [0.25, 0.3) is 0 Å². The molecule has 3 nitrogen and oxygen atoms in total. The summed E-state index contributed by atoms with van der Waals surface area (Å²) in [6.45, 7) is 0. The number of hydrogen-bond acceptors (Lipinski definition) is 3. The predicted molar refractivity (Wildman–Crippen MR) is 300 cm³/mol. The van der Waals surface area contributed by atoms with Crippen molar-refractivity contribution in [2.75, 3.05) is 0 Å².